The van der Waals surface area contributed by atoms with Crippen molar-refractivity contribution in [3.8, 4) is 0 Å². The molecule has 128 valence electrons. The van der Waals surface area contributed by atoms with E-state index in [0.717, 1.165) is 52.4 Å². The lowest BCUT2D eigenvalue weighted by Gasteiger charge is -2.41. The zero-order valence-electron chi connectivity index (χ0n) is 14.6. The summed E-state index contributed by atoms with van der Waals surface area (Å²) in [5, 5.41) is 3.13. The van der Waals surface area contributed by atoms with Crippen molar-refractivity contribution in [2.24, 2.45) is 5.92 Å². The van der Waals surface area contributed by atoms with Gasteiger partial charge < -0.3 is 19.9 Å². The summed E-state index contributed by atoms with van der Waals surface area (Å²) in [4.78, 5) is 18.9. The second-order valence-corrected chi connectivity index (χ2v) is 7.43. The molecule has 0 radical (unpaired) electrons. The number of hydrogen-bond acceptors (Lipinski definition) is 4. The maximum Gasteiger partial charge on any atom is 0.317 e. The van der Waals surface area contributed by atoms with Gasteiger partial charge in [-0.05, 0) is 40.3 Å². The highest BCUT2D eigenvalue weighted by atomic mass is 16.5. The Morgan fingerprint density at radius 2 is 1.95 bits per heavy atom. The molecule has 2 rings (SSSR count). The Morgan fingerprint density at radius 3 is 2.59 bits per heavy atom. The van der Waals surface area contributed by atoms with Crippen molar-refractivity contribution in [2.45, 2.75) is 25.8 Å². The molecule has 2 saturated heterocycles. The molecule has 2 fully saturated rings. The van der Waals surface area contributed by atoms with Crippen LogP contribution in [0, 0.1) is 5.92 Å². The first-order valence-corrected chi connectivity index (χ1v) is 8.39. The molecule has 22 heavy (non-hydrogen) atoms. The lowest BCUT2D eigenvalue weighted by Crippen LogP contribution is -2.56. The summed E-state index contributed by atoms with van der Waals surface area (Å²) in [7, 11) is 4.18. The largest absolute Gasteiger partial charge is 0.379 e. The van der Waals surface area contributed by atoms with Gasteiger partial charge in [-0.2, -0.15) is 0 Å². The highest BCUT2D eigenvalue weighted by Crippen LogP contribution is 2.18. The smallest absolute Gasteiger partial charge is 0.317 e. The number of ether oxygens (including phenoxy) is 1. The number of urea groups is 1. The van der Waals surface area contributed by atoms with Crippen molar-refractivity contribution < 1.29 is 9.53 Å². The second-order valence-electron chi connectivity index (χ2n) is 7.43. The maximum absolute atomic E-state index is 12.4. The molecule has 2 amide bonds. The minimum absolute atomic E-state index is 0.0256. The molecule has 0 aromatic rings. The predicted molar refractivity (Wildman–Crippen MR) is 88.1 cm³/mol. The molecule has 1 atom stereocenters. The Bertz CT molecular complexity index is 367. The van der Waals surface area contributed by atoms with Gasteiger partial charge in [-0.1, -0.05) is 0 Å². The number of morpholine rings is 1. The summed E-state index contributed by atoms with van der Waals surface area (Å²) in [5.41, 5.74) is -0.0256. The molecule has 0 aliphatic carbocycles. The second kappa shape index (κ2) is 7.62. The summed E-state index contributed by atoms with van der Waals surface area (Å²) in [6.45, 7) is 11.3. The van der Waals surface area contributed by atoms with Gasteiger partial charge >= 0.3 is 6.03 Å². The topological polar surface area (TPSA) is 48.0 Å². The molecule has 6 nitrogen and oxygen atoms in total. The minimum Gasteiger partial charge on any atom is -0.379 e. The van der Waals surface area contributed by atoms with Gasteiger partial charge in [0.1, 0.15) is 0 Å². The van der Waals surface area contributed by atoms with Crippen molar-refractivity contribution >= 4 is 6.03 Å². The fraction of sp³-hybridized carbons (Fsp3) is 0.938. The Labute approximate surface area is 134 Å². The van der Waals surface area contributed by atoms with E-state index < -0.39 is 0 Å². The van der Waals surface area contributed by atoms with E-state index in [1.54, 1.807) is 0 Å². The van der Waals surface area contributed by atoms with Crippen LogP contribution in [0.5, 0.6) is 0 Å². The molecule has 0 saturated carbocycles. The zero-order valence-corrected chi connectivity index (χ0v) is 14.6. The Hall–Kier alpha value is -0.850. The number of likely N-dealkylation sites (tertiary alicyclic amines) is 1. The first kappa shape index (κ1) is 17.5. The highest BCUT2D eigenvalue weighted by molar-refractivity contribution is 5.74. The lowest BCUT2D eigenvalue weighted by molar-refractivity contribution is -0.00900. The number of hydrogen-bond donors (Lipinski definition) is 1. The fourth-order valence-corrected chi connectivity index (χ4v) is 3.37. The van der Waals surface area contributed by atoms with Gasteiger partial charge in [-0.3, -0.25) is 4.90 Å². The van der Waals surface area contributed by atoms with Gasteiger partial charge in [-0.15, -0.1) is 0 Å². The van der Waals surface area contributed by atoms with Crippen LogP contribution in [0.1, 0.15) is 20.3 Å². The van der Waals surface area contributed by atoms with Crippen LogP contribution in [0.2, 0.25) is 0 Å². The summed E-state index contributed by atoms with van der Waals surface area (Å²) >= 11 is 0. The molecule has 2 aliphatic heterocycles. The van der Waals surface area contributed by atoms with Crippen molar-refractivity contribution in [1.29, 1.82) is 0 Å². The van der Waals surface area contributed by atoms with Crippen LogP contribution >= 0.6 is 0 Å². The van der Waals surface area contributed by atoms with E-state index in [1.165, 1.54) is 0 Å². The number of carbonyl (C=O) groups is 1. The first-order valence-electron chi connectivity index (χ1n) is 8.39. The Kier molecular flexibility index (Phi) is 6.06. The fourth-order valence-electron chi connectivity index (χ4n) is 3.37. The third-order valence-electron chi connectivity index (χ3n) is 4.74. The molecule has 0 aromatic heterocycles. The van der Waals surface area contributed by atoms with Crippen LogP contribution < -0.4 is 5.32 Å². The molecule has 2 heterocycles. The number of carbonyl (C=O) groups excluding carboxylic acids is 1. The molecular formula is C16H32N4O2. The van der Waals surface area contributed by atoms with Crippen molar-refractivity contribution in [3.63, 3.8) is 0 Å². The van der Waals surface area contributed by atoms with E-state index in [2.05, 4.69) is 43.1 Å². The summed E-state index contributed by atoms with van der Waals surface area (Å²) in [6.07, 6.45) is 1.11. The number of amides is 2. The van der Waals surface area contributed by atoms with Crippen LogP contribution in [-0.2, 0) is 4.74 Å². The molecule has 0 unspecified atom stereocenters. The predicted octanol–water partition coefficient (Wildman–Crippen LogP) is 0.690. The third kappa shape index (κ3) is 4.83. The van der Waals surface area contributed by atoms with Gasteiger partial charge in [-0.25, -0.2) is 4.79 Å². The van der Waals surface area contributed by atoms with Gasteiger partial charge in [0.15, 0.2) is 0 Å². The van der Waals surface area contributed by atoms with Gasteiger partial charge in [0.05, 0.1) is 13.2 Å². The van der Waals surface area contributed by atoms with Crippen molar-refractivity contribution in [2.75, 3.05) is 66.6 Å². The van der Waals surface area contributed by atoms with Crippen LogP contribution in [0.25, 0.3) is 0 Å². The van der Waals surface area contributed by atoms with E-state index in [4.69, 9.17) is 4.74 Å². The first-order chi connectivity index (χ1) is 10.4. The van der Waals surface area contributed by atoms with Gasteiger partial charge in [0.2, 0.25) is 0 Å². The van der Waals surface area contributed by atoms with Gasteiger partial charge in [0, 0.05) is 44.8 Å². The van der Waals surface area contributed by atoms with E-state index in [1.807, 2.05) is 4.90 Å². The normalized spacial score (nSPS) is 24.0. The average Bonchev–Trinajstić information content (AvgIpc) is 2.93. The highest BCUT2D eigenvalue weighted by Gasteiger charge is 2.31. The standard InChI is InChI=1S/C16H32N4O2/c1-16(2,20-7-9-22-10-8-20)13-17-15(21)19-6-5-14(12-19)11-18(3)4/h14H,5-13H2,1-4H3,(H,17,21)/t14-/m1/s1. The number of rotatable bonds is 5. The van der Waals surface area contributed by atoms with E-state index >= 15 is 0 Å². The lowest BCUT2D eigenvalue weighted by atomic mass is 10.0. The van der Waals surface area contributed by atoms with Crippen LogP contribution in [0.4, 0.5) is 4.79 Å². The molecule has 6 heteroatoms. The van der Waals surface area contributed by atoms with Crippen molar-refractivity contribution in [1.82, 2.24) is 20.0 Å². The van der Waals surface area contributed by atoms with E-state index in [-0.39, 0.29) is 11.6 Å². The van der Waals surface area contributed by atoms with Crippen LogP contribution in [-0.4, -0.2) is 92.8 Å². The quantitative estimate of drug-likeness (QED) is 0.811. The summed E-state index contributed by atoms with van der Waals surface area (Å²) < 4.78 is 5.40. The third-order valence-corrected chi connectivity index (χ3v) is 4.74. The Balaban J connectivity index is 1.75. The SMILES string of the molecule is CN(C)C[C@H]1CCN(C(=O)NCC(C)(C)N2CCOCC2)C1. The van der Waals surface area contributed by atoms with E-state index in [0.29, 0.717) is 12.5 Å². The molecule has 0 bridgehead atoms. The van der Waals surface area contributed by atoms with Crippen LogP contribution in [0.3, 0.4) is 0 Å². The summed E-state index contributed by atoms with van der Waals surface area (Å²) in [6, 6.07) is 0.0857. The average molecular weight is 312 g/mol. The monoisotopic (exact) mass is 312 g/mol. The minimum atomic E-state index is -0.0256. The molecule has 0 spiro atoms. The maximum atomic E-state index is 12.4. The number of nitrogens with one attached hydrogen (secondary N) is 1. The zero-order chi connectivity index (χ0) is 16.2. The molecular weight excluding hydrogens is 280 g/mol. The molecule has 2 aliphatic rings. The van der Waals surface area contributed by atoms with E-state index in [9.17, 15) is 4.79 Å². The van der Waals surface area contributed by atoms with Gasteiger partial charge in [0.25, 0.3) is 0 Å². The number of nitrogens with zero attached hydrogens (tertiary/aromatic N) is 3. The Morgan fingerprint density at radius 1 is 1.27 bits per heavy atom. The van der Waals surface area contributed by atoms with Crippen LogP contribution in [0.15, 0.2) is 0 Å². The molecule has 1 N–H and O–H groups in total. The summed E-state index contributed by atoms with van der Waals surface area (Å²) in [5.74, 6) is 0.605. The molecule has 0 aromatic carbocycles. The van der Waals surface area contributed by atoms with Crippen molar-refractivity contribution in [3.05, 3.63) is 0 Å².